The third-order valence-electron chi connectivity index (χ3n) is 6.62. The third-order valence-corrected chi connectivity index (χ3v) is 6.62. The fourth-order valence-electron chi connectivity index (χ4n) is 4.18. The van der Waals surface area contributed by atoms with Crippen LogP contribution in [0.2, 0.25) is 0 Å². The van der Waals surface area contributed by atoms with Gasteiger partial charge >= 0.3 is 11.9 Å². The zero-order chi connectivity index (χ0) is 24.8. The molecular formula is C25H35N3O6. The summed E-state index contributed by atoms with van der Waals surface area (Å²) in [5.41, 5.74) is -0.212. The number of hydrogen-bond donors (Lipinski definition) is 0. The van der Waals surface area contributed by atoms with Gasteiger partial charge in [0.05, 0.1) is 0 Å². The van der Waals surface area contributed by atoms with Crippen LogP contribution in [0.1, 0.15) is 74.4 Å². The van der Waals surface area contributed by atoms with Gasteiger partial charge in [0.15, 0.2) is 12.2 Å². The lowest BCUT2D eigenvalue weighted by Gasteiger charge is -2.32. The van der Waals surface area contributed by atoms with Gasteiger partial charge in [-0.05, 0) is 63.5 Å². The molecule has 9 heteroatoms. The molecule has 1 aromatic rings. The molecule has 2 fully saturated rings. The number of amides is 2. The predicted molar refractivity (Wildman–Crippen MR) is 124 cm³/mol. The van der Waals surface area contributed by atoms with Gasteiger partial charge in [0, 0.05) is 26.2 Å². The van der Waals surface area contributed by atoms with Crippen molar-refractivity contribution in [2.75, 3.05) is 26.2 Å². The van der Waals surface area contributed by atoms with Gasteiger partial charge in [0.1, 0.15) is 11.4 Å². The van der Waals surface area contributed by atoms with Crippen molar-refractivity contribution in [3.05, 3.63) is 29.6 Å². The Hall–Kier alpha value is -2.97. The number of carbonyl (C=O) groups excluding carboxylic acids is 4. The first-order valence-corrected chi connectivity index (χ1v) is 12.1. The second-order valence-corrected chi connectivity index (χ2v) is 9.52. The van der Waals surface area contributed by atoms with Crippen molar-refractivity contribution in [2.45, 2.75) is 65.6 Å². The topological polar surface area (TPSA) is 106 Å². The Bertz CT molecular complexity index is 834. The van der Waals surface area contributed by atoms with E-state index in [1.54, 1.807) is 9.80 Å². The maximum Gasteiger partial charge on any atom is 0.357 e. The number of ether oxygens (including phenoxy) is 2. The average molecular weight is 474 g/mol. The molecule has 1 aromatic heterocycles. The molecule has 9 nitrogen and oxygen atoms in total. The summed E-state index contributed by atoms with van der Waals surface area (Å²) in [7, 11) is 0. The second-order valence-electron chi connectivity index (χ2n) is 9.52. The van der Waals surface area contributed by atoms with E-state index in [9.17, 15) is 19.2 Å². The van der Waals surface area contributed by atoms with Crippen molar-refractivity contribution >= 4 is 23.8 Å². The largest absolute Gasteiger partial charge is 0.448 e. The minimum Gasteiger partial charge on any atom is -0.448 e. The van der Waals surface area contributed by atoms with Crippen LogP contribution in [0, 0.1) is 11.8 Å². The first-order chi connectivity index (χ1) is 16.2. The number of piperidine rings is 2. The summed E-state index contributed by atoms with van der Waals surface area (Å²) in [4.78, 5) is 57.8. The van der Waals surface area contributed by atoms with E-state index in [2.05, 4.69) is 18.8 Å². The van der Waals surface area contributed by atoms with E-state index in [0.29, 0.717) is 38.0 Å². The van der Waals surface area contributed by atoms with Crippen molar-refractivity contribution < 1.29 is 28.7 Å². The zero-order valence-electron chi connectivity index (χ0n) is 20.5. The van der Waals surface area contributed by atoms with Crippen molar-refractivity contribution in [3.8, 4) is 0 Å². The quantitative estimate of drug-likeness (QED) is 0.585. The van der Waals surface area contributed by atoms with E-state index in [-0.39, 0.29) is 23.2 Å². The van der Waals surface area contributed by atoms with E-state index in [0.717, 1.165) is 25.7 Å². The number of nitrogens with zero attached hydrogens (tertiary/aromatic N) is 3. The normalized spacial score (nSPS) is 19.3. The Balaban J connectivity index is 1.55. The molecule has 0 bridgehead atoms. The van der Waals surface area contributed by atoms with Crippen LogP contribution in [0.15, 0.2) is 18.2 Å². The highest BCUT2D eigenvalue weighted by atomic mass is 16.6. The first kappa shape index (κ1) is 25.6. The molecule has 3 heterocycles. The Morgan fingerprint density at radius 2 is 1.12 bits per heavy atom. The predicted octanol–water partition coefficient (Wildman–Crippen LogP) is 2.69. The molecule has 3 rings (SSSR count). The molecule has 2 atom stereocenters. The van der Waals surface area contributed by atoms with Gasteiger partial charge in [0.2, 0.25) is 0 Å². The van der Waals surface area contributed by atoms with Crippen molar-refractivity contribution in [3.63, 3.8) is 0 Å². The molecule has 0 spiro atoms. The molecule has 2 aliphatic heterocycles. The van der Waals surface area contributed by atoms with Crippen LogP contribution in [0.4, 0.5) is 0 Å². The van der Waals surface area contributed by atoms with E-state index in [1.165, 1.54) is 32.0 Å². The molecule has 0 aromatic carbocycles. The Morgan fingerprint density at radius 3 is 1.47 bits per heavy atom. The third kappa shape index (κ3) is 6.55. The lowest BCUT2D eigenvalue weighted by Crippen LogP contribution is -2.44. The van der Waals surface area contributed by atoms with Gasteiger partial charge in [-0.15, -0.1) is 0 Å². The number of likely N-dealkylation sites (tertiary alicyclic amines) is 2. The number of hydrogen-bond acceptors (Lipinski definition) is 7. The fraction of sp³-hybridized carbons (Fsp3) is 0.640. The molecule has 0 aliphatic carbocycles. The van der Waals surface area contributed by atoms with Gasteiger partial charge in [0.25, 0.3) is 11.8 Å². The van der Waals surface area contributed by atoms with Crippen LogP contribution in [0.5, 0.6) is 0 Å². The molecule has 0 radical (unpaired) electrons. The smallest absolute Gasteiger partial charge is 0.357 e. The molecule has 0 saturated carbocycles. The minimum atomic E-state index is -0.955. The standard InChI is InChI=1S/C25H35N3O6/c1-16-8-12-27(13-9-16)22(29)18(3)33-24(31)20-6-5-7-21(26-20)25(32)34-19(4)23(30)28-14-10-17(2)11-15-28/h5-7,16-19H,8-15H2,1-4H3/t18-,19-/m1/s1. The van der Waals surface area contributed by atoms with E-state index in [4.69, 9.17) is 9.47 Å². The zero-order valence-corrected chi connectivity index (χ0v) is 20.5. The van der Waals surface area contributed by atoms with Gasteiger partial charge < -0.3 is 19.3 Å². The van der Waals surface area contributed by atoms with Crippen LogP contribution < -0.4 is 0 Å². The monoisotopic (exact) mass is 473 g/mol. The maximum atomic E-state index is 12.6. The summed E-state index contributed by atoms with van der Waals surface area (Å²) < 4.78 is 10.6. The van der Waals surface area contributed by atoms with E-state index >= 15 is 0 Å². The fourth-order valence-corrected chi connectivity index (χ4v) is 4.18. The van der Waals surface area contributed by atoms with Gasteiger partial charge in [-0.1, -0.05) is 19.9 Å². The molecule has 2 aliphatic rings. The van der Waals surface area contributed by atoms with Gasteiger partial charge in [-0.2, -0.15) is 0 Å². The van der Waals surface area contributed by atoms with Gasteiger partial charge in [-0.3, -0.25) is 9.59 Å². The lowest BCUT2D eigenvalue weighted by molar-refractivity contribution is -0.141. The number of aromatic nitrogens is 1. The molecule has 2 saturated heterocycles. The highest BCUT2D eigenvalue weighted by Gasteiger charge is 2.29. The highest BCUT2D eigenvalue weighted by Crippen LogP contribution is 2.19. The van der Waals surface area contributed by atoms with Gasteiger partial charge in [-0.25, -0.2) is 14.6 Å². The Morgan fingerprint density at radius 1 is 0.765 bits per heavy atom. The molecule has 2 amide bonds. The summed E-state index contributed by atoms with van der Waals surface area (Å²) in [6, 6.07) is 4.29. The summed E-state index contributed by atoms with van der Waals surface area (Å²) in [6.45, 7) is 9.96. The maximum absolute atomic E-state index is 12.6. The number of carbonyl (C=O) groups is 4. The highest BCUT2D eigenvalue weighted by molar-refractivity contribution is 5.94. The van der Waals surface area contributed by atoms with Crippen LogP contribution in [-0.2, 0) is 19.1 Å². The Labute approximate surface area is 200 Å². The van der Waals surface area contributed by atoms with Crippen molar-refractivity contribution in [2.24, 2.45) is 11.8 Å². The van der Waals surface area contributed by atoms with Crippen LogP contribution >= 0.6 is 0 Å². The average Bonchev–Trinajstić information content (AvgIpc) is 2.84. The Kier molecular flexibility index (Phi) is 8.63. The molecule has 0 unspecified atom stereocenters. The molecular weight excluding hydrogens is 438 g/mol. The summed E-state index contributed by atoms with van der Waals surface area (Å²) >= 11 is 0. The van der Waals surface area contributed by atoms with Crippen LogP contribution in [0.25, 0.3) is 0 Å². The molecule has 34 heavy (non-hydrogen) atoms. The van der Waals surface area contributed by atoms with Crippen LogP contribution in [-0.4, -0.2) is 76.9 Å². The van der Waals surface area contributed by atoms with Crippen molar-refractivity contribution in [1.82, 2.24) is 14.8 Å². The first-order valence-electron chi connectivity index (χ1n) is 12.1. The van der Waals surface area contributed by atoms with E-state index in [1.807, 2.05) is 0 Å². The number of rotatable bonds is 6. The van der Waals surface area contributed by atoms with Crippen LogP contribution in [0.3, 0.4) is 0 Å². The summed E-state index contributed by atoms with van der Waals surface area (Å²) in [6.07, 6.45) is 1.80. The molecule has 0 N–H and O–H groups in total. The number of pyridine rings is 1. The van der Waals surface area contributed by atoms with Crippen molar-refractivity contribution in [1.29, 1.82) is 0 Å². The SMILES string of the molecule is CC1CCN(C(=O)[C@@H](C)OC(=O)c2cccc(C(=O)O[C@H](C)C(=O)N3CCC(C)CC3)n2)CC1. The summed E-state index contributed by atoms with van der Waals surface area (Å²) in [5.74, 6) is -0.921. The number of esters is 2. The molecule has 186 valence electrons. The summed E-state index contributed by atoms with van der Waals surface area (Å²) in [5, 5.41) is 0. The minimum absolute atomic E-state index is 0.106. The van der Waals surface area contributed by atoms with E-state index < -0.39 is 24.1 Å². The second kappa shape index (κ2) is 11.4. The lowest BCUT2D eigenvalue weighted by atomic mass is 9.99.